The molecule has 8 rings (SSSR count). The number of nitrogens with zero attached hydrogens (tertiary/aromatic N) is 2. The molecule has 3 unspecified atom stereocenters. The maximum absolute atomic E-state index is 13.6. The molecule has 442 valence electrons. The number of hydrogen-bond donors (Lipinski definition) is 4. The Balaban J connectivity index is 0.000000234. The molecular weight excluding hydrogens is 1100 g/mol. The highest BCUT2D eigenvalue weighted by atomic mass is 19.4. The van der Waals surface area contributed by atoms with Crippen molar-refractivity contribution in [3.63, 3.8) is 0 Å². The van der Waals surface area contributed by atoms with Crippen molar-refractivity contribution in [2.24, 2.45) is 10.8 Å². The maximum Gasteiger partial charge on any atom is 0.416 e. The summed E-state index contributed by atoms with van der Waals surface area (Å²) in [7, 11) is 0. The van der Waals surface area contributed by atoms with Crippen LogP contribution in [0, 0.1) is 22.5 Å². The van der Waals surface area contributed by atoms with Crippen molar-refractivity contribution in [3.8, 4) is 0 Å². The van der Waals surface area contributed by atoms with Gasteiger partial charge in [0.05, 0.1) is 22.3 Å². The van der Waals surface area contributed by atoms with Gasteiger partial charge in [0.15, 0.2) is 0 Å². The van der Waals surface area contributed by atoms with Crippen molar-refractivity contribution in [1.82, 2.24) is 25.8 Å². The van der Waals surface area contributed by atoms with Crippen molar-refractivity contribution in [2.45, 2.75) is 146 Å². The van der Waals surface area contributed by atoms with Crippen LogP contribution in [-0.2, 0) is 57.0 Å². The highest BCUT2D eigenvalue weighted by molar-refractivity contribution is 6.05. The summed E-state index contributed by atoms with van der Waals surface area (Å²) >= 11 is 0. The first kappa shape index (κ1) is 62.3. The summed E-state index contributed by atoms with van der Waals surface area (Å²) in [6.45, 7) is 4.89. The number of halogens is 14. The van der Waals surface area contributed by atoms with Gasteiger partial charge in [-0.05, 0) is 199 Å². The zero-order valence-electron chi connectivity index (χ0n) is 44.0. The van der Waals surface area contributed by atoms with Gasteiger partial charge in [0.1, 0.15) is 22.5 Å². The van der Waals surface area contributed by atoms with E-state index in [1.807, 2.05) is 0 Å². The van der Waals surface area contributed by atoms with Gasteiger partial charge in [0.2, 0.25) is 17.7 Å². The quantitative estimate of drug-likeness (QED) is 0.0775. The molecule has 10 nitrogen and oxygen atoms in total. The predicted molar refractivity (Wildman–Crippen MR) is 268 cm³/mol. The standard InChI is InChI=1S/C30H34F7N3O2.C27H27F7N2O3/c1-18(2)39-27(42)28(26(41)38-17-19-13-22(29(32,33)34)15-23(14-19)30(35,36)37)10-7-25(16-28)40-11-8-21(9-12-40)20-3-5-24(31)6-4-20;28-21-3-1-17(2-4-21)18-6-9-36(10-7-18)22-5-8-25(14-22,24(38)39)23(37)35-15-16-11-19(26(29,30)31)13-20(12-16)27(32,33)34/h3-6,13-15,18,21,25H,7-12,16-17H2,1-2H3,(H,38,41)(H,39,42);1-4,11-13,18,22H,5-10,14-15H2,(H,35,37)(H,38,39)/t;22?,25-/m.1/s1. The van der Waals surface area contributed by atoms with Crippen molar-refractivity contribution in [2.75, 3.05) is 26.2 Å². The van der Waals surface area contributed by atoms with E-state index in [-0.39, 0.29) is 85.0 Å². The van der Waals surface area contributed by atoms with Crippen LogP contribution in [0.4, 0.5) is 61.5 Å². The number of likely N-dealkylation sites (tertiary alicyclic amines) is 2. The van der Waals surface area contributed by atoms with E-state index in [0.29, 0.717) is 63.3 Å². The van der Waals surface area contributed by atoms with Crippen molar-refractivity contribution < 1.29 is 85.8 Å². The molecule has 4 atom stereocenters. The second-order valence-electron chi connectivity index (χ2n) is 21.8. The van der Waals surface area contributed by atoms with E-state index in [9.17, 15) is 85.8 Å². The number of rotatable bonds is 13. The summed E-state index contributed by atoms with van der Waals surface area (Å²) in [5.41, 5.74) is -8.08. The molecular formula is C57H61F14N5O5. The third kappa shape index (κ3) is 15.2. The van der Waals surface area contributed by atoms with Gasteiger partial charge in [-0.15, -0.1) is 0 Å². The summed E-state index contributed by atoms with van der Waals surface area (Å²) in [6.07, 6.45) is -15.7. The first-order chi connectivity index (χ1) is 37.8. The number of amides is 3. The Morgan fingerprint density at radius 2 is 0.827 bits per heavy atom. The fourth-order valence-electron chi connectivity index (χ4n) is 11.7. The Hall–Kier alpha value is -6.30. The summed E-state index contributed by atoms with van der Waals surface area (Å²) in [5, 5.41) is 17.5. The molecule has 0 aromatic heterocycles. The van der Waals surface area contributed by atoms with E-state index in [1.54, 1.807) is 38.1 Å². The Labute approximate surface area is 458 Å². The molecule has 4 aromatic rings. The number of carboxylic acids is 1. The lowest BCUT2D eigenvalue weighted by atomic mass is 9.82. The number of hydrogen-bond acceptors (Lipinski definition) is 6. The molecule has 2 saturated carbocycles. The summed E-state index contributed by atoms with van der Waals surface area (Å²) in [6, 6.07) is 14.3. The number of carboxylic acid groups (broad SMARTS) is 1. The second-order valence-corrected chi connectivity index (χ2v) is 21.8. The maximum atomic E-state index is 13.6. The molecule has 2 heterocycles. The van der Waals surface area contributed by atoms with Gasteiger partial charge < -0.3 is 30.9 Å². The SMILES string of the molecule is CC(C)NC(=O)C1(C(=O)NCc2cc(C(F)(F)F)cc(C(F)(F)F)c2)CCC(N2CCC(c3ccc(F)cc3)CC2)C1.O=C(O)[C@]1(C(=O)NCc2cc(C(F)(F)F)cc(C(F)(F)F)c2)CCC(N2CCC(c3ccc(F)cc3)CC2)C1. The number of nitrogens with one attached hydrogen (secondary N) is 3. The van der Waals surface area contributed by atoms with Crippen LogP contribution in [0.3, 0.4) is 0 Å². The van der Waals surface area contributed by atoms with E-state index < -0.39 is 100 Å². The monoisotopic (exact) mass is 1160 g/mol. The molecule has 0 bridgehead atoms. The van der Waals surface area contributed by atoms with Gasteiger partial charge in [-0.1, -0.05) is 24.3 Å². The lowest BCUT2D eigenvalue weighted by molar-refractivity contribution is -0.156. The van der Waals surface area contributed by atoms with Crippen LogP contribution < -0.4 is 16.0 Å². The normalized spacial score (nSPS) is 22.7. The molecule has 24 heteroatoms. The fraction of sp³-hybridized carbons (Fsp3) is 0.509. The van der Waals surface area contributed by atoms with Gasteiger partial charge in [0, 0.05) is 31.2 Å². The van der Waals surface area contributed by atoms with Crippen LogP contribution in [-0.4, -0.2) is 82.9 Å². The second kappa shape index (κ2) is 24.7. The summed E-state index contributed by atoms with van der Waals surface area (Å²) in [4.78, 5) is 56.6. The van der Waals surface area contributed by atoms with E-state index in [0.717, 1.165) is 36.8 Å². The largest absolute Gasteiger partial charge is 0.480 e. The predicted octanol–water partition coefficient (Wildman–Crippen LogP) is 12.4. The minimum atomic E-state index is -5.04. The van der Waals surface area contributed by atoms with Crippen LogP contribution in [0.2, 0.25) is 0 Å². The molecule has 2 saturated heterocycles. The van der Waals surface area contributed by atoms with Crippen molar-refractivity contribution in [3.05, 3.63) is 141 Å². The van der Waals surface area contributed by atoms with E-state index >= 15 is 0 Å². The third-order valence-electron chi connectivity index (χ3n) is 16.1. The first-order valence-corrected chi connectivity index (χ1v) is 26.4. The summed E-state index contributed by atoms with van der Waals surface area (Å²) in [5.74, 6) is -3.70. The van der Waals surface area contributed by atoms with Gasteiger partial charge in [-0.2, -0.15) is 52.7 Å². The van der Waals surface area contributed by atoms with Gasteiger partial charge in [0.25, 0.3) is 0 Å². The summed E-state index contributed by atoms with van der Waals surface area (Å²) < 4.78 is 185. The Morgan fingerprint density at radius 1 is 0.506 bits per heavy atom. The Kier molecular flexibility index (Phi) is 19.0. The smallest absolute Gasteiger partial charge is 0.416 e. The highest BCUT2D eigenvalue weighted by Gasteiger charge is 2.54. The fourth-order valence-corrected chi connectivity index (χ4v) is 11.7. The topological polar surface area (TPSA) is 131 Å². The van der Waals surface area contributed by atoms with Crippen molar-refractivity contribution in [1.29, 1.82) is 0 Å². The molecule has 4 aliphatic rings. The van der Waals surface area contributed by atoms with E-state index in [4.69, 9.17) is 0 Å². The number of alkyl halides is 12. The van der Waals surface area contributed by atoms with Crippen LogP contribution in [0.5, 0.6) is 0 Å². The number of carbonyl (C=O) groups is 4. The molecule has 2 aliphatic heterocycles. The molecule has 3 amide bonds. The van der Waals surface area contributed by atoms with E-state index in [1.165, 1.54) is 24.3 Å². The number of piperidine rings is 2. The molecule has 2 aliphatic carbocycles. The average Bonchev–Trinajstić information content (AvgIpc) is 4.08. The molecule has 0 radical (unpaired) electrons. The molecule has 81 heavy (non-hydrogen) atoms. The van der Waals surface area contributed by atoms with Crippen LogP contribution in [0.15, 0.2) is 84.9 Å². The Morgan fingerprint density at radius 3 is 1.15 bits per heavy atom. The third-order valence-corrected chi connectivity index (χ3v) is 16.1. The highest BCUT2D eigenvalue weighted by Crippen LogP contribution is 2.46. The molecule has 4 fully saturated rings. The minimum Gasteiger partial charge on any atom is -0.480 e. The zero-order chi connectivity index (χ0) is 59.5. The Bertz CT molecular complexity index is 2800. The van der Waals surface area contributed by atoms with Gasteiger partial charge in [-0.3, -0.25) is 19.2 Å². The van der Waals surface area contributed by atoms with Crippen LogP contribution in [0.25, 0.3) is 0 Å². The van der Waals surface area contributed by atoms with Gasteiger partial charge >= 0.3 is 30.7 Å². The molecule has 0 spiro atoms. The van der Waals surface area contributed by atoms with E-state index in [2.05, 4.69) is 25.8 Å². The van der Waals surface area contributed by atoms with Crippen molar-refractivity contribution >= 4 is 23.7 Å². The van der Waals surface area contributed by atoms with Crippen LogP contribution >= 0.6 is 0 Å². The number of aliphatic carboxylic acids is 1. The first-order valence-electron chi connectivity index (χ1n) is 26.4. The molecule has 4 aromatic carbocycles. The lowest BCUT2D eigenvalue weighted by Crippen LogP contribution is -2.52. The number of carbonyl (C=O) groups excluding carboxylic acids is 3. The molecule has 4 N–H and O–H groups in total. The van der Waals surface area contributed by atoms with Crippen LogP contribution in [0.1, 0.15) is 134 Å². The van der Waals surface area contributed by atoms with Gasteiger partial charge in [-0.25, -0.2) is 8.78 Å². The zero-order valence-corrected chi connectivity index (χ0v) is 44.0. The lowest BCUT2D eigenvalue weighted by Gasteiger charge is -2.37. The average molecular weight is 1160 g/mol. The minimum absolute atomic E-state index is 0.00683. The number of benzene rings is 4.